The summed E-state index contributed by atoms with van der Waals surface area (Å²) in [5, 5.41) is 12.7. The van der Waals surface area contributed by atoms with Gasteiger partial charge >= 0.3 is 0 Å². The molecule has 1 amide bonds. The van der Waals surface area contributed by atoms with Crippen molar-refractivity contribution in [2.45, 2.75) is 6.54 Å². The zero-order valence-electron chi connectivity index (χ0n) is 16.8. The molecular weight excluding hydrogens is 528 g/mol. The van der Waals surface area contributed by atoms with Crippen molar-refractivity contribution < 1.29 is 19.1 Å². The molecule has 0 bridgehead atoms. The molecule has 0 atom stereocenters. The van der Waals surface area contributed by atoms with Gasteiger partial charge in [0.2, 0.25) is 0 Å². The summed E-state index contributed by atoms with van der Waals surface area (Å²) in [6, 6.07) is 10.3. The van der Waals surface area contributed by atoms with Crippen LogP contribution < -0.4 is 10.8 Å². The van der Waals surface area contributed by atoms with Crippen molar-refractivity contribution in [2.24, 2.45) is 0 Å². The minimum atomic E-state index is -0.549. The molecule has 0 fully saturated rings. The predicted octanol–water partition coefficient (Wildman–Crippen LogP) is 3.62. The van der Waals surface area contributed by atoms with Crippen LogP contribution in [0.1, 0.15) is 16.1 Å². The molecule has 0 aliphatic carbocycles. The van der Waals surface area contributed by atoms with Gasteiger partial charge < -0.3 is 15.0 Å². The highest BCUT2D eigenvalue weighted by molar-refractivity contribution is 14.1. The maximum atomic E-state index is 14.6. The Morgan fingerprint density at radius 3 is 2.78 bits per heavy atom. The summed E-state index contributed by atoms with van der Waals surface area (Å²) in [5.41, 5.74) is 4.79. The van der Waals surface area contributed by atoms with Crippen molar-refractivity contribution >= 4 is 50.8 Å². The van der Waals surface area contributed by atoms with Crippen molar-refractivity contribution in [3.63, 3.8) is 0 Å². The average molecular weight is 547 g/mol. The Morgan fingerprint density at radius 1 is 1.19 bits per heavy atom. The van der Waals surface area contributed by atoms with Gasteiger partial charge in [-0.1, -0.05) is 6.07 Å². The maximum Gasteiger partial charge on any atom is 0.293 e. The first-order valence-corrected chi connectivity index (χ1v) is 10.8. The number of aliphatic hydroxyl groups is 1. The number of hydrogen-bond donors (Lipinski definition) is 3. The van der Waals surface area contributed by atoms with Gasteiger partial charge in [0, 0.05) is 40.3 Å². The van der Waals surface area contributed by atoms with E-state index in [0.29, 0.717) is 17.6 Å². The number of carbonyl (C=O) groups excluding carboxylic acids is 1. The van der Waals surface area contributed by atoms with E-state index >= 15 is 0 Å². The minimum Gasteiger partial charge on any atom is -0.394 e. The Hall–Kier alpha value is -3.09. The van der Waals surface area contributed by atoms with E-state index in [1.807, 2.05) is 34.7 Å². The van der Waals surface area contributed by atoms with Gasteiger partial charge in [-0.3, -0.25) is 19.6 Å². The van der Waals surface area contributed by atoms with Crippen LogP contribution in [-0.4, -0.2) is 38.8 Å². The van der Waals surface area contributed by atoms with Gasteiger partial charge in [0.1, 0.15) is 11.5 Å². The van der Waals surface area contributed by atoms with Crippen LogP contribution in [0, 0.1) is 9.39 Å². The number of hydroxylamine groups is 1. The van der Waals surface area contributed by atoms with Gasteiger partial charge in [-0.2, -0.15) is 0 Å². The van der Waals surface area contributed by atoms with Crippen molar-refractivity contribution in [3.05, 3.63) is 81.8 Å². The van der Waals surface area contributed by atoms with Crippen molar-refractivity contribution in [1.82, 2.24) is 20.0 Å². The van der Waals surface area contributed by atoms with Crippen LogP contribution in [0.15, 0.2) is 61.2 Å². The van der Waals surface area contributed by atoms with Crippen LogP contribution >= 0.6 is 22.6 Å². The summed E-state index contributed by atoms with van der Waals surface area (Å²) in [7, 11) is 0. The molecule has 0 saturated heterocycles. The third kappa shape index (κ3) is 4.71. The number of carbonyl (C=O) groups is 1. The van der Waals surface area contributed by atoms with E-state index in [2.05, 4.69) is 20.8 Å². The predicted molar refractivity (Wildman–Crippen MR) is 126 cm³/mol. The molecule has 3 heterocycles. The normalized spacial score (nSPS) is 11.0. The van der Waals surface area contributed by atoms with Gasteiger partial charge in [0.05, 0.1) is 30.1 Å². The Bertz CT molecular complexity index is 1250. The lowest BCUT2D eigenvalue weighted by Gasteiger charge is -2.14. The minimum absolute atomic E-state index is 0.0648. The number of anilines is 2. The lowest BCUT2D eigenvalue weighted by molar-refractivity contribution is 0.0163. The summed E-state index contributed by atoms with van der Waals surface area (Å²) in [6.07, 6.45) is 6.63. The van der Waals surface area contributed by atoms with E-state index in [1.165, 1.54) is 6.07 Å². The second-order valence-corrected chi connectivity index (χ2v) is 8.06. The average Bonchev–Trinajstić information content (AvgIpc) is 3.10. The monoisotopic (exact) mass is 547 g/mol. The van der Waals surface area contributed by atoms with Crippen molar-refractivity contribution in [2.75, 3.05) is 18.5 Å². The number of amides is 1. The molecule has 3 aromatic heterocycles. The standard InChI is InChI=1S/C22H19FIN5O3/c23-17-10-15(24)3-4-18(17)27-20-16-12-26-7-5-19(16)29(13-14-2-1-6-25-11-14)21(20)22(31)28-32-9-8-30/h1-7,10-12,27,30H,8-9,13H2,(H,28,31). The Morgan fingerprint density at radius 2 is 2.03 bits per heavy atom. The first-order valence-electron chi connectivity index (χ1n) is 9.68. The maximum absolute atomic E-state index is 14.6. The van der Waals surface area contributed by atoms with Crippen LogP contribution in [0.25, 0.3) is 10.9 Å². The molecule has 0 saturated carbocycles. The summed E-state index contributed by atoms with van der Waals surface area (Å²) in [4.78, 5) is 26.5. The molecule has 0 unspecified atom stereocenters. The smallest absolute Gasteiger partial charge is 0.293 e. The zero-order chi connectivity index (χ0) is 22.5. The highest BCUT2D eigenvalue weighted by Crippen LogP contribution is 2.34. The molecule has 32 heavy (non-hydrogen) atoms. The van der Waals surface area contributed by atoms with Gasteiger partial charge in [-0.05, 0) is 58.5 Å². The van der Waals surface area contributed by atoms with E-state index < -0.39 is 11.7 Å². The lowest BCUT2D eigenvalue weighted by Crippen LogP contribution is -2.28. The number of aliphatic hydroxyl groups excluding tert-OH is 1. The van der Waals surface area contributed by atoms with E-state index in [0.717, 1.165) is 14.7 Å². The highest BCUT2D eigenvalue weighted by atomic mass is 127. The Kier molecular flexibility index (Phi) is 6.93. The highest BCUT2D eigenvalue weighted by Gasteiger charge is 2.24. The summed E-state index contributed by atoms with van der Waals surface area (Å²) < 4.78 is 17.2. The summed E-state index contributed by atoms with van der Waals surface area (Å²) in [5.74, 6) is -0.996. The molecule has 4 rings (SSSR count). The number of benzene rings is 1. The number of hydrogen-bond acceptors (Lipinski definition) is 6. The molecule has 0 aliphatic heterocycles. The first kappa shape index (κ1) is 22.1. The summed E-state index contributed by atoms with van der Waals surface area (Å²) >= 11 is 2.03. The van der Waals surface area contributed by atoms with Gasteiger partial charge in [-0.25, -0.2) is 9.87 Å². The largest absolute Gasteiger partial charge is 0.394 e. The van der Waals surface area contributed by atoms with E-state index in [9.17, 15) is 9.18 Å². The van der Waals surface area contributed by atoms with Crippen LogP contribution in [0.2, 0.25) is 0 Å². The van der Waals surface area contributed by atoms with Crippen molar-refractivity contribution in [3.8, 4) is 0 Å². The first-order chi connectivity index (χ1) is 15.6. The molecular formula is C22H19FIN5O3. The molecule has 3 N–H and O–H groups in total. The third-order valence-electron chi connectivity index (χ3n) is 4.69. The fourth-order valence-electron chi connectivity index (χ4n) is 3.34. The number of nitrogens with one attached hydrogen (secondary N) is 2. The SMILES string of the molecule is O=C(NOCCO)c1c(Nc2ccc(I)cc2F)c2cnccc2n1Cc1cccnc1. The lowest BCUT2D eigenvalue weighted by atomic mass is 10.2. The zero-order valence-corrected chi connectivity index (χ0v) is 18.9. The number of nitrogens with zero attached hydrogens (tertiary/aromatic N) is 3. The quantitative estimate of drug-likeness (QED) is 0.177. The number of halogens is 2. The van der Waals surface area contributed by atoms with E-state index in [4.69, 9.17) is 9.94 Å². The Balaban J connectivity index is 1.86. The molecule has 4 aromatic rings. The second kappa shape index (κ2) is 10.0. The molecule has 0 aliphatic rings. The summed E-state index contributed by atoms with van der Waals surface area (Å²) in [6.45, 7) is 0.0282. The fourth-order valence-corrected chi connectivity index (χ4v) is 3.79. The molecule has 1 aromatic carbocycles. The van der Waals surface area contributed by atoms with Crippen LogP contribution in [-0.2, 0) is 11.4 Å². The van der Waals surface area contributed by atoms with Crippen LogP contribution in [0.4, 0.5) is 15.8 Å². The van der Waals surface area contributed by atoms with Crippen molar-refractivity contribution in [1.29, 1.82) is 0 Å². The van der Waals surface area contributed by atoms with E-state index in [-0.39, 0.29) is 24.6 Å². The third-order valence-corrected chi connectivity index (χ3v) is 5.36. The Labute approximate surface area is 196 Å². The fraction of sp³-hybridized carbons (Fsp3) is 0.136. The molecule has 10 heteroatoms. The molecule has 8 nitrogen and oxygen atoms in total. The second-order valence-electron chi connectivity index (χ2n) is 6.82. The van der Waals surface area contributed by atoms with Gasteiger partial charge in [0.15, 0.2) is 0 Å². The van der Waals surface area contributed by atoms with Crippen LogP contribution in [0.3, 0.4) is 0 Å². The van der Waals surface area contributed by atoms with Gasteiger partial charge in [-0.15, -0.1) is 0 Å². The van der Waals surface area contributed by atoms with E-state index in [1.54, 1.807) is 47.6 Å². The number of pyridine rings is 2. The van der Waals surface area contributed by atoms with Crippen LogP contribution in [0.5, 0.6) is 0 Å². The number of aromatic nitrogens is 3. The molecule has 164 valence electrons. The molecule has 0 spiro atoms. The topological polar surface area (TPSA) is 101 Å². The number of fused-ring (bicyclic) bond motifs is 1. The number of rotatable bonds is 8. The molecule has 0 radical (unpaired) electrons. The van der Waals surface area contributed by atoms with Gasteiger partial charge in [0.25, 0.3) is 5.91 Å².